The topological polar surface area (TPSA) is 103 Å². The Balaban J connectivity index is 1.65. The Kier molecular flexibility index (Phi) is 6.76. The van der Waals surface area contributed by atoms with Gasteiger partial charge in [0.25, 0.3) is 5.56 Å². The summed E-state index contributed by atoms with van der Waals surface area (Å²) in [5.74, 6) is -0.953. The van der Waals surface area contributed by atoms with Crippen molar-refractivity contribution in [2.24, 2.45) is 5.92 Å². The van der Waals surface area contributed by atoms with Crippen molar-refractivity contribution in [3.05, 3.63) is 64.6 Å². The van der Waals surface area contributed by atoms with Crippen molar-refractivity contribution < 1.29 is 18.7 Å². The molecule has 1 aromatic carbocycles. The summed E-state index contributed by atoms with van der Waals surface area (Å²) in [7, 11) is 1.27. The summed E-state index contributed by atoms with van der Waals surface area (Å²) >= 11 is 0. The molecule has 33 heavy (non-hydrogen) atoms. The summed E-state index contributed by atoms with van der Waals surface area (Å²) < 4.78 is 19.7. The molecule has 2 heterocycles. The predicted octanol–water partition coefficient (Wildman–Crippen LogP) is 3.87. The summed E-state index contributed by atoms with van der Waals surface area (Å²) in [5, 5.41) is 2.86. The number of methoxy groups -OCH3 is 1. The lowest BCUT2D eigenvalue weighted by Gasteiger charge is -2.27. The van der Waals surface area contributed by atoms with Crippen LogP contribution in [0.15, 0.2) is 47.7 Å². The van der Waals surface area contributed by atoms with Crippen LogP contribution in [0.2, 0.25) is 0 Å². The third-order valence-corrected chi connectivity index (χ3v) is 6.10. The zero-order valence-corrected chi connectivity index (χ0v) is 18.3. The van der Waals surface area contributed by atoms with Gasteiger partial charge in [0.05, 0.1) is 29.9 Å². The Morgan fingerprint density at radius 3 is 2.67 bits per heavy atom. The van der Waals surface area contributed by atoms with Crippen LogP contribution >= 0.6 is 0 Å². The number of hydrogen-bond acceptors (Lipinski definition) is 6. The van der Waals surface area contributed by atoms with Crippen LogP contribution in [0.5, 0.6) is 0 Å². The number of amides is 1. The smallest absolute Gasteiger partial charge is 0.339 e. The van der Waals surface area contributed by atoms with Crippen molar-refractivity contribution in [3.63, 3.8) is 0 Å². The van der Waals surface area contributed by atoms with E-state index in [1.54, 1.807) is 0 Å². The fourth-order valence-electron chi connectivity index (χ4n) is 4.33. The first kappa shape index (κ1) is 22.6. The van der Waals surface area contributed by atoms with Gasteiger partial charge in [-0.15, -0.1) is 0 Å². The van der Waals surface area contributed by atoms with Gasteiger partial charge >= 0.3 is 5.97 Å². The number of anilines is 1. The quantitative estimate of drug-likeness (QED) is 0.570. The number of benzene rings is 1. The van der Waals surface area contributed by atoms with Crippen molar-refractivity contribution >= 4 is 28.6 Å². The number of fused-ring (bicyclic) bond motifs is 1. The van der Waals surface area contributed by atoms with E-state index in [4.69, 9.17) is 0 Å². The predicted molar refractivity (Wildman–Crippen MR) is 120 cm³/mol. The summed E-state index contributed by atoms with van der Waals surface area (Å²) in [5.41, 5.74) is 0.158. The molecule has 1 N–H and O–H groups in total. The van der Waals surface area contributed by atoms with Crippen molar-refractivity contribution in [2.45, 2.75) is 44.6 Å². The fourth-order valence-corrected chi connectivity index (χ4v) is 4.33. The minimum Gasteiger partial charge on any atom is -0.465 e. The van der Waals surface area contributed by atoms with Crippen LogP contribution in [0.4, 0.5) is 10.2 Å². The van der Waals surface area contributed by atoms with Crippen molar-refractivity contribution in [3.8, 4) is 0 Å². The molecule has 2 aromatic heterocycles. The van der Waals surface area contributed by atoms with Crippen molar-refractivity contribution in [1.82, 2.24) is 14.5 Å². The van der Waals surface area contributed by atoms with Crippen LogP contribution in [0, 0.1) is 11.7 Å². The molecule has 1 fully saturated rings. The average Bonchev–Trinajstić information content (AvgIpc) is 2.84. The van der Waals surface area contributed by atoms with Gasteiger partial charge in [0.1, 0.15) is 17.7 Å². The van der Waals surface area contributed by atoms with Crippen LogP contribution in [-0.4, -0.2) is 33.5 Å². The van der Waals surface area contributed by atoms with E-state index < -0.39 is 29.3 Å². The number of hydrogen-bond donors (Lipinski definition) is 1. The summed E-state index contributed by atoms with van der Waals surface area (Å²) in [6.45, 7) is 0. The molecule has 1 aliphatic carbocycles. The molecule has 0 unspecified atom stereocenters. The normalized spacial score (nSPS) is 15.2. The molecule has 8 nitrogen and oxygen atoms in total. The standard InChI is InChI=1S/C24H25FN4O4/c1-33-24(32)16-7-10-21(26-13-16)28-22(30)20(11-15-5-3-2-4-6-15)29-14-27-19-9-8-17(25)12-18(19)23(29)31/h7-10,12-15,20H,2-6,11H2,1H3,(H,26,28,30)/t20-/m1/s1. The molecule has 0 saturated heterocycles. The lowest BCUT2D eigenvalue weighted by Crippen LogP contribution is -2.35. The SMILES string of the molecule is COC(=O)c1ccc(NC(=O)[C@@H](CC2CCCCC2)n2cnc3ccc(F)cc3c2=O)nc1. The molecule has 0 aliphatic heterocycles. The van der Waals surface area contributed by atoms with Gasteiger partial charge in [0, 0.05) is 6.20 Å². The third kappa shape index (κ3) is 5.08. The molecule has 1 aliphatic rings. The summed E-state index contributed by atoms with van der Waals surface area (Å²) in [6, 6.07) is 6.00. The molecule has 172 valence electrons. The van der Waals surface area contributed by atoms with E-state index >= 15 is 0 Å². The number of aromatic nitrogens is 3. The maximum atomic E-state index is 13.8. The maximum absolute atomic E-state index is 13.8. The molecule has 0 radical (unpaired) electrons. The first-order valence-corrected chi connectivity index (χ1v) is 11.0. The second kappa shape index (κ2) is 9.89. The highest BCUT2D eigenvalue weighted by Gasteiger charge is 2.28. The number of ether oxygens (including phenoxy) is 1. The zero-order chi connectivity index (χ0) is 23.4. The third-order valence-electron chi connectivity index (χ3n) is 6.10. The number of nitrogens with zero attached hydrogens (tertiary/aromatic N) is 3. The van der Waals surface area contributed by atoms with Crippen LogP contribution in [0.3, 0.4) is 0 Å². The molecule has 4 rings (SSSR count). The Hall–Kier alpha value is -3.62. The number of esters is 1. The Morgan fingerprint density at radius 2 is 1.97 bits per heavy atom. The first-order chi connectivity index (χ1) is 16.0. The summed E-state index contributed by atoms with van der Waals surface area (Å²) in [4.78, 5) is 46.5. The lowest BCUT2D eigenvalue weighted by molar-refractivity contribution is -0.120. The molecule has 1 atom stereocenters. The fraction of sp³-hybridized carbons (Fsp3) is 0.375. The monoisotopic (exact) mass is 452 g/mol. The molecular weight excluding hydrogens is 427 g/mol. The lowest BCUT2D eigenvalue weighted by atomic mass is 9.84. The zero-order valence-electron chi connectivity index (χ0n) is 18.3. The van der Waals surface area contributed by atoms with Crippen LogP contribution < -0.4 is 10.9 Å². The van der Waals surface area contributed by atoms with E-state index in [2.05, 4.69) is 20.0 Å². The second-order valence-electron chi connectivity index (χ2n) is 8.29. The number of carbonyl (C=O) groups excluding carboxylic acids is 2. The van der Waals surface area contributed by atoms with E-state index in [1.807, 2.05) is 0 Å². The molecular formula is C24H25FN4O4. The number of halogens is 1. The van der Waals surface area contributed by atoms with Gasteiger partial charge in [-0.05, 0) is 42.7 Å². The Bertz CT molecular complexity index is 1220. The highest BCUT2D eigenvalue weighted by molar-refractivity contribution is 5.94. The largest absolute Gasteiger partial charge is 0.465 e. The Labute approximate surface area is 189 Å². The summed E-state index contributed by atoms with van der Waals surface area (Å²) in [6.07, 6.45) is 8.44. The van der Waals surface area contributed by atoms with Gasteiger partial charge in [-0.2, -0.15) is 0 Å². The highest BCUT2D eigenvalue weighted by atomic mass is 19.1. The average molecular weight is 452 g/mol. The maximum Gasteiger partial charge on any atom is 0.339 e. The molecule has 1 saturated carbocycles. The van der Waals surface area contributed by atoms with Crippen molar-refractivity contribution in [1.29, 1.82) is 0 Å². The molecule has 0 bridgehead atoms. The van der Waals surface area contributed by atoms with Crippen LogP contribution in [0.1, 0.15) is 54.9 Å². The number of carbonyl (C=O) groups is 2. The molecule has 3 aromatic rings. The van der Waals surface area contributed by atoms with E-state index in [9.17, 15) is 18.8 Å². The first-order valence-electron chi connectivity index (χ1n) is 11.0. The molecule has 1 amide bonds. The second-order valence-corrected chi connectivity index (χ2v) is 8.29. The van der Waals surface area contributed by atoms with Crippen LogP contribution in [-0.2, 0) is 9.53 Å². The van der Waals surface area contributed by atoms with E-state index in [1.165, 1.54) is 54.9 Å². The van der Waals surface area contributed by atoms with E-state index in [0.29, 0.717) is 17.9 Å². The molecule has 9 heteroatoms. The Morgan fingerprint density at radius 1 is 1.18 bits per heavy atom. The van der Waals surface area contributed by atoms with Gasteiger partial charge in [-0.25, -0.2) is 19.2 Å². The van der Waals surface area contributed by atoms with Gasteiger partial charge < -0.3 is 10.1 Å². The number of pyridine rings is 1. The van der Waals surface area contributed by atoms with Gasteiger partial charge in [0.15, 0.2) is 0 Å². The minimum atomic E-state index is -0.831. The van der Waals surface area contributed by atoms with E-state index in [-0.39, 0.29) is 16.8 Å². The molecule has 0 spiro atoms. The van der Waals surface area contributed by atoms with Crippen LogP contribution in [0.25, 0.3) is 10.9 Å². The number of nitrogens with one attached hydrogen (secondary N) is 1. The van der Waals surface area contributed by atoms with Crippen molar-refractivity contribution in [2.75, 3.05) is 12.4 Å². The van der Waals surface area contributed by atoms with Gasteiger partial charge in [-0.1, -0.05) is 32.1 Å². The number of rotatable bonds is 6. The van der Waals surface area contributed by atoms with Gasteiger partial charge in [0.2, 0.25) is 5.91 Å². The van der Waals surface area contributed by atoms with Gasteiger partial charge in [-0.3, -0.25) is 14.2 Å². The minimum absolute atomic E-state index is 0.125. The van der Waals surface area contributed by atoms with E-state index in [0.717, 1.165) is 31.7 Å². The highest BCUT2D eigenvalue weighted by Crippen LogP contribution is 2.31.